The van der Waals surface area contributed by atoms with Gasteiger partial charge in [-0.25, -0.2) is 0 Å². The summed E-state index contributed by atoms with van der Waals surface area (Å²) in [5.41, 5.74) is 2.45. The van der Waals surface area contributed by atoms with Crippen molar-refractivity contribution in [1.82, 2.24) is 15.5 Å². The zero-order chi connectivity index (χ0) is 33.9. The van der Waals surface area contributed by atoms with Gasteiger partial charge in [0.2, 0.25) is 11.8 Å². The molecule has 2 aliphatic rings. The third kappa shape index (κ3) is 6.33. The van der Waals surface area contributed by atoms with Crippen LogP contribution in [0.3, 0.4) is 0 Å². The Morgan fingerprint density at radius 3 is 2.15 bits per heavy atom. The Labute approximate surface area is 278 Å². The molecule has 248 valence electrons. The van der Waals surface area contributed by atoms with Crippen molar-refractivity contribution in [3.63, 3.8) is 0 Å². The molecule has 6 nitrogen and oxygen atoms in total. The van der Waals surface area contributed by atoms with Gasteiger partial charge in [0.05, 0.1) is 16.9 Å². The summed E-state index contributed by atoms with van der Waals surface area (Å²) in [4.78, 5) is 43.1. The lowest BCUT2D eigenvalue weighted by atomic mass is 9.62. The molecule has 0 radical (unpaired) electrons. The number of rotatable bonds is 7. The monoisotopic (exact) mass is 653 g/mol. The molecule has 4 aromatic rings. The van der Waals surface area contributed by atoms with Gasteiger partial charge in [-0.05, 0) is 78.6 Å². The van der Waals surface area contributed by atoms with Gasteiger partial charge in [-0.1, -0.05) is 84.9 Å². The smallest absolute Gasteiger partial charge is 0.355 e. The van der Waals surface area contributed by atoms with Crippen LogP contribution in [0.15, 0.2) is 103 Å². The van der Waals surface area contributed by atoms with Crippen LogP contribution < -0.4 is 10.6 Å². The summed E-state index contributed by atoms with van der Waals surface area (Å²) in [7, 11) is 0. The quantitative estimate of drug-likeness (QED) is 0.224. The van der Waals surface area contributed by atoms with E-state index < -0.39 is 17.2 Å². The molecule has 6 rings (SSSR count). The summed E-state index contributed by atoms with van der Waals surface area (Å²) in [6.45, 7) is 3.36. The summed E-state index contributed by atoms with van der Waals surface area (Å²) in [6.07, 6.45) is -2.27. The first kappa shape index (κ1) is 33.0. The Bertz CT molecular complexity index is 1780. The number of carbonyl (C=O) groups excluding carboxylic acids is 3. The molecule has 0 spiro atoms. The van der Waals surface area contributed by atoms with E-state index >= 15 is 0 Å². The summed E-state index contributed by atoms with van der Waals surface area (Å²) < 4.78 is 39.3. The highest BCUT2D eigenvalue weighted by Crippen LogP contribution is 2.48. The van der Waals surface area contributed by atoms with Gasteiger partial charge in [-0.2, -0.15) is 13.2 Å². The van der Waals surface area contributed by atoms with E-state index in [1.54, 1.807) is 24.3 Å². The van der Waals surface area contributed by atoms with Crippen molar-refractivity contribution < 1.29 is 27.6 Å². The predicted molar refractivity (Wildman–Crippen MR) is 178 cm³/mol. The molecule has 1 saturated heterocycles. The van der Waals surface area contributed by atoms with Crippen LogP contribution in [-0.2, 0) is 21.2 Å². The highest BCUT2D eigenvalue weighted by atomic mass is 19.4. The molecule has 0 bridgehead atoms. The van der Waals surface area contributed by atoms with Crippen molar-refractivity contribution in [3.8, 4) is 11.1 Å². The predicted octanol–water partition coefficient (Wildman–Crippen LogP) is 7.09. The van der Waals surface area contributed by atoms with Crippen LogP contribution in [0.5, 0.6) is 0 Å². The minimum atomic E-state index is -4.44. The largest absolute Gasteiger partial charge is 0.416 e. The Morgan fingerprint density at radius 2 is 1.46 bits per heavy atom. The van der Waals surface area contributed by atoms with Crippen molar-refractivity contribution in [1.29, 1.82) is 0 Å². The van der Waals surface area contributed by atoms with Gasteiger partial charge < -0.3 is 15.5 Å². The third-order valence-electron chi connectivity index (χ3n) is 9.73. The maximum absolute atomic E-state index is 14.1. The normalized spacial score (nSPS) is 19.7. The minimum absolute atomic E-state index is 0.0254. The molecular formula is C39H38F3N3O3. The van der Waals surface area contributed by atoms with Crippen LogP contribution in [0.2, 0.25) is 0 Å². The molecule has 1 heterocycles. The number of carbonyl (C=O) groups is 3. The van der Waals surface area contributed by atoms with Crippen LogP contribution in [0.25, 0.3) is 11.1 Å². The highest BCUT2D eigenvalue weighted by Gasteiger charge is 2.48. The average molecular weight is 654 g/mol. The Kier molecular flexibility index (Phi) is 9.40. The second kappa shape index (κ2) is 13.7. The lowest BCUT2D eigenvalue weighted by Gasteiger charge is -2.42. The van der Waals surface area contributed by atoms with Crippen molar-refractivity contribution in [2.75, 3.05) is 19.6 Å². The molecule has 1 aliphatic heterocycles. The first-order valence-corrected chi connectivity index (χ1v) is 16.4. The van der Waals surface area contributed by atoms with Gasteiger partial charge in [0.25, 0.3) is 5.91 Å². The lowest BCUT2D eigenvalue weighted by Crippen LogP contribution is -2.51. The lowest BCUT2D eigenvalue weighted by molar-refractivity contribution is -0.137. The fourth-order valence-corrected chi connectivity index (χ4v) is 7.30. The molecule has 2 atom stereocenters. The highest BCUT2D eigenvalue weighted by molar-refractivity contribution is 6.01. The van der Waals surface area contributed by atoms with E-state index in [2.05, 4.69) is 10.6 Å². The fourth-order valence-electron chi connectivity index (χ4n) is 7.30. The van der Waals surface area contributed by atoms with E-state index in [-0.39, 0.29) is 29.7 Å². The summed E-state index contributed by atoms with van der Waals surface area (Å²) in [6, 6.07) is 29.0. The number of likely N-dealkylation sites (N-methyl/N-ethyl adjacent to an activating group) is 1. The Morgan fingerprint density at radius 1 is 0.812 bits per heavy atom. The molecule has 2 N–H and O–H groups in total. The SMILES string of the molecule is CCNC(=O)[C@]1(c2ccccc2)CC[C@H](C(=O)N2CCC(NC(=O)c3ccccc3-c3ccc(C(F)(F)F)cc3)CC2)c2ccccc21. The third-order valence-corrected chi connectivity index (χ3v) is 9.73. The number of piperidine rings is 1. The van der Waals surface area contributed by atoms with Crippen molar-refractivity contribution in [2.24, 2.45) is 0 Å². The molecule has 1 fully saturated rings. The van der Waals surface area contributed by atoms with Crippen LogP contribution in [0, 0.1) is 0 Å². The van der Waals surface area contributed by atoms with Crippen LogP contribution >= 0.6 is 0 Å². The second-order valence-corrected chi connectivity index (χ2v) is 12.5. The molecule has 4 aromatic carbocycles. The topological polar surface area (TPSA) is 78.5 Å². The maximum atomic E-state index is 14.1. The number of amides is 3. The van der Waals surface area contributed by atoms with Gasteiger partial charge in [-0.3, -0.25) is 14.4 Å². The standard InChI is InChI=1S/C39H38F3N3O3/c1-2-43-37(48)38(27-10-4-3-5-11-27)23-20-33(31-13-8-9-15-34(31)38)36(47)45-24-21-29(22-25-45)44-35(46)32-14-7-6-12-30(32)26-16-18-28(19-17-26)39(40,41)42/h3-19,29,33H,2,20-25H2,1H3,(H,43,48)(H,44,46)/t33-,38-/m0/s1. The van der Waals surface area contributed by atoms with Crippen LogP contribution in [0.4, 0.5) is 13.2 Å². The van der Waals surface area contributed by atoms with Gasteiger partial charge >= 0.3 is 6.18 Å². The number of fused-ring (bicyclic) bond motifs is 1. The zero-order valence-electron chi connectivity index (χ0n) is 26.7. The molecule has 0 aromatic heterocycles. The number of likely N-dealkylation sites (tertiary alicyclic amines) is 1. The molecule has 0 saturated carbocycles. The van der Waals surface area contributed by atoms with E-state index in [4.69, 9.17) is 0 Å². The number of hydrogen-bond acceptors (Lipinski definition) is 3. The fraction of sp³-hybridized carbons (Fsp3) is 0.308. The van der Waals surface area contributed by atoms with E-state index in [1.165, 1.54) is 12.1 Å². The number of benzene rings is 4. The van der Waals surface area contributed by atoms with Crippen LogP contribution in [-0.4, -0.2) is 48.3 Å². The Hall–Kier alpha value is -4.92. The van der Waals surface area contributed by atoms with E-state index in [9.17, 15) is 27.6 Å². The minimum Gasteiger partial charge on any atom is -0.355 e. The molecule has 3 amide bonds. The second-order valence-electron chi connectivity index (χ2n) is 12.5. The zero-order valence-corrected chi connectivity index (χ0v) is 26.7. The number of nitrogens with one attached hydrogen (secondary N) is 2. The van der Waals surface area contributed by atoms with Gasteiger partial charge in [0, 0.05) is 31.2 Å². The number of halogens is 3. The first-order chi connectivity index (χ1) is 23.1. The van der Waals surface area contributed by atoms with E-state index in [0.717, 1.165) is 28.8 Å². The van der Waals surface area contributed by atoms with Crippen LogP contribution in [0.1, 0.15) is 71.1 Å². The number of alkyl halides is 3. The summed E-state index contributed by atoms with van der Waals surface area (Å²) in [5, 5.41) is 6.13. The molecule has 48 heavy (non-hydrogen) atoms. The van der Waals surface area contributed by atoms with Gasteiger partial charge in [-0.15, -0.1) is 0 Å². The molecule has 9 heteroatoms. The van der Waals surface area contributed by atoms with E-state index in [0.29, 0.717) is 62.0 Å². The van der Waals surface area contributed by atoms with Crippen molar-refractivity contribution in [2.45, 2.75) is 56.2 Å². The molecule has 0 unspecified atom stereocenters. The Balaban J connectivity index is 1.15. The average Bonchev–Trinajstić information content (AvgIpc) is 3.11. The summed E-state index contributed by atoms with van der Waals surface area (Å²) >= 11 is 0. The summed E-state index contributed by atoms with van der Waals surface area (Å²) in [5.74, 6) is -0.725. The molecule has 1 aliphatic carbocycles. The van der Waals surface area contributed by atoms with Gasteiger partial charge in [0.1, 0.15) is 0 Å². The maximum Gasteiger partial charge on any atom is 0.416 e. The molecular weight excluding hydrogens is 615 g/mol. The first-order valence-electron chi connectivity index (χ1n) is 16.4. The van der Waals surface area contributed by atoms with Crippen molar-refractivity contribution >= 4 is 17.7 Å². The van der Waals surface area contributed by atoms with Crippen molar-refractivity contribution in [3.05, 3.63) is 131 Å². The number of hydrogen-bond donors (Lipinski definition) is 2. The van der Waals surface area contributed by atoms with E-state index in [1.807, 2.05) is 66.4 Å². The van der Waals surface area contributed by atoms with Gasteiger partial charge in [0.15, 0.2) is 0 Å². The number of nitrogens with zero attached hydrogens (tertiary/aromatic N) is 1.